The van der Waals surface area contributed by atoms with Crippen LogP contribution >= 0.6 is 11.6 Å². The van der Waals surface area contributed by atoms with Crippen molar-refractivity contribution in [2.45, 2.75) is 26.5 Å². The highest BCUT2D eigenvalue weighted by atomic mass is 35.5. The number of guanidine groups is 1. The van der Waals surface area contributed by atoms with Crippen LogP contribution in [0.5, 0.6) is 5.75 Å². The fourth-order valence-electron chi connectivity index (χ4n) is 2.02. The second-order valence-corrected chi connectivity index (χ2v) is 5.85. The molecule has 0 aliphatic heterocycles. The molecular formula is C16H23ClN6O. The van der Waals surface area contributed by atoms with Gasteiger partial charge in [-0.25, -0.2) is 0 Å². The molecule has 2 aromatic rings. The van der Waals surface area contributed by atoms with Crippen molar-refractivity contribution in [2.75, 3.05) is 13.6 Å². The molecule has 0 spiro atoms. The maximum absolute atomic E-state index is 5.86. The Morgan fingerprint density at radius 2 is 2.00 bits per heavy atom. The first kappa shape index (κ1) is 18.1. The Morgan fingerprint density at radius 3 is 2.58 bits per heavy atom. The number of aryl methyl sites for hydroxylation is 1. The first-order valence-electron chi connectivity index (χ1n) is 7.71. The van der Waals surface area contributed by atoms with E-state index in [0.29, 0.717) is 24.1 Å². The molecule has 1 aromatic carbocycles. The fraction of sp³-hybridized carbons (Fsp3) is 0.438. The minimum atomic E-state index is -0.0261. The largest absolute Gasteiger partial charge is 0.489 e. The SMILES string of the molecule is CN=C(NCc1nnc(C)n1C)NCC(C)Oc1ccc(Cl)cc1. The first-order chi connectivity index (χ1) is 11.5. The normalized spacial score (nSPS) is 12.8. The van der Waals surface area contributed by atoms with Crippen molar-refractivity contribution in [2.24, 2.45) is 12.0 Å². The number of rotatable bonds is 6. The quantitative estimate of drug-likeness (QED) is 0.614. The van der Waals surface area contributed by atoms with Gasteiger partial charge in [0.1, 0.15) is 17.7 Å². The lowest BCUT2D eigenvalue weighted by Crippen LogP contribution is -2.41. The lowest BCUT2D eigenvalue weighted by atomic mass is 10.3. The van der Waals surface area contributed by atoms with Gasteiger partial charge in [0.15, 0.2) is 11.8 Å². The molecule has 1 unspecified atom stereocenters. The average molecular weight is 351 g/mol. The summed E-state index contributed by atoms with van der Waals surface area (Å²) in [5, 5.41) is 15.3. The van der Waals surface area contributed by atoms with E-state index in [9.17, 15) is 0 Å². The van der Waals surface area contributed by atoms with Crippen LogP contribution in [0.1, 0.15) is 18.6 Å². The number of nitrogens with one attached hydrogen (secondary N) is 2. The summed E-state index contributed by atoms with van der Waals surface area (Å²) in [6.07, 6.45) is -0.0261. The van der Waals surface area contributed by atoms with Gasteiger partial charge in [-0.1, -0.05) is 11.6 Å². The van der Waals surface area contributed by atoms with E-state index in [1.807, 2.05) is 37.6 Å². The van der Waals surface area contributed by atoms with Gasteiger partial charge < -0.3 is 19.9 Å². The molecule has 7 nitrogen and oxygen atoms in total. The molecule has 0 aliphatic carbocycles. The zero-order valence-corrected chi connectivity index (χ0v) is 15.1. The number of hydrogen-bond acceptors (Lipinski definition) is 4. The molecule has 0 saturated heterocycles. The van der Waals surface area contributed by atoms with Crippen molar-refractivity contribution in [3.63, 3.8) is 0 Å². The van der Waals surface area contributed by atoms with Crippen LogP contribution in [0.3, 0.4) is 0 Å². The van der Waals surface area contributed by atoms with Crippen molar-refractivity contribution < 1.29 is 4.74 Å². The summed E-state index contributed by atoms with van der Waals surface area (Å²) < 4.78 is 7.76. The summed E-state index contributed by atoms with van der Waals surface area (Å²) in [7, 11) is 3.66. The Morgan fingerprint density at radius 1 is 1.29 bits per heavy atom. The van der Waals surface area contributed by atoms with Crippen LogP contribution in [0.4, 0.5) is 0 Å². The highest BCUT2D eigenvalue weighted by Gasteiger charge is 2.08. The van der Waals surface area contributed by atoms with Crippen LogP contribution in [0.25, 0.3) is 0 Å². The lowest BCUT2D eigenvalue weighted by molar-refractivity contribution is 0.224. The predicted octanol–water partition coefficient (Wildman–Crippen LogP) is 1.91. The molecule has 130 valence electrons. The molecule has 24 heavy (non-hydrogen) atoms. The number of aromatic nitrogens is 3. The molecule has 0 bridgehead atoms. The van der Waals surface area contributed by atoms with E-state index in [4.69, 9.17) is 16.3 Å². The molecule has 1 heterocycles. The molecule has 1 aromatic heterocycles. The smallest absolute Gasteiger partial charge is 0.191 e. The molecule has 2 rings (SSSR count). The van der Waals surface area contributed by atoms with E-state index in [-0.39, 0.29) is 6.10 Å². The Balaban J connectivity index is 1.78. The van der Waals surface area contributed by atoms with Crippen molar-refractivity contribution in [3.8, 4) is 5.75 Å². The molecule has 0 fully saturated rings. The number of benzene rings is 1. The van der Waals surface area contributed by atoms with Crippen LogP contribution < -0.4 is 15.4 Å². The van der Waals surface area contributed by atoms with Crippen LogP contribution in [0, 0.1) is 6.92 Å². The Bertz CT molecular complexity index is 682. The van der Waals surface area contributed by atoms with Gasteiger partial charge in [0.25, 0.3) is 0 Å². The number of hydrogen-bond donors (Lipinski definition) is 2. The molecule has 2 N–H and O–H groups in total. The highest BCUT2D eigenvalue weighted by molar-refractivity contribution is 6.30. The number of aliphatic imine (C=N–C) groups is 1. The minimum Gasteiger partial charge on any atom is -0.489 e. The van der Waals surface area contributed by atoms with E-state index in [1.165, 1.54) is 0 Å². The van der Waals surface area contributed by atoms with Gasteiger partial charge in [-0.15, -0.1) is 10.2 Å². The van der Waals surface area contributed by atoms with Crippen molar-refractivity contribution in [1.29, 1.82) is 0 Å². The van der Waals surface area contributed by atoms with Crippen molar-refractivity contribution in [3.05, 3.63) is 40.9 Å². The Kier molecular flexibility index (Phi) is 6.43. The molecule has 0 aliphatic rings. The Labute approximate surface area is 147 Å². The summed E-state index contributed by atoms with van der Waals surface area (Å²) in [5.74, 6) is 3.19. The molecule has 0 amide bonds. The summed E-state index contributed by atoms with van der Waals surface area (Å²) >= 11 is 5.86. The summed E-state index contributed by atoms with van der Waals surface area (Å²) in [6.45, 7) is 5.06. The topological polar surface area (TPSA) is 76.4 Å². The summed E-state index contributed by atoms with van der Waals surface area (Å²) in [6, 6.07) is 7.31. The maximum atomic E-state index is 5.86. The van der Waals surface area contributed by atoms with Gasteiger partial charge in [-0.2, -0.15) is 0 Å². The monoisotopic (exact) mass is 350 g/mol. The zero-order valence-electron chi connectivity index (χ0n) is 14.4. The van der Waals surface area contributed by atoms with Crippen molar-refractivity contribution >= 4 is 17.6 Å². The van der Waals surface area contributed by atoms with Gasteiger partial charge in [-0.05, 0) is 38.1 Å². The Hall–Kier alpha value is -2.28. The summed E-state index contributed by atoms with van der Waals surface area (Å²) in [5.41, 5.74) is 0. The molecule has 0 radical (unpaired) electrons. The van der Waals surface area contributed by atoms with Crippen LogP contribution in [0.2, 0.25) is 5.02 Å². The number of ether oxygens (including phenoxy) is 1. The molecular weight excluding hydrogens is 328 g/mol. The standard InChI is InChI=1S/C16H23ClN6O/c1-11(24-14-7-5-13(17)6-8-14)9-19-16(18-3)20-10-15-22-21-12(2)23(15)4/h5-8,11H,9-10H2,1-4H3,(H2,18,19,20). The lowest BCUT2D eigenvalue weighted by Gasteiger charge is -2.17. The van der Waals surface area contributed by atoms with Gasteiger partial charge >= 0.3 is 0 Å². The van der Waals surface area contributed by atoms with E-state index in [2.05, 4.69) is 25.8 Å². The van der Waals surface area contributed by atoms with E-state index < -0.39 is 0 Å². The first-order valence-corrected chi connectivity index (χ1v) is 8.09. The number of nitrogens with zero attached hydrogens (tertiary/aromatic N) is 4. The van der Waals surface area contributed by atoms with Gasteiger partial charge in [0.05, 0.1) is 13.1 Å². The second-order valence-electron chi connectivity index (χ2n) is 5.41. The second kappa shape index (κ2) is 8.54. The van der Waals surface area contributed by atoms with Gasteiger partial charge in [0, 0.05) is 19.1 Å². The predicted molar refractivity (Wildman–Crippen MR) is 95.5 cm³/mol. The van der Waals surface area contributed by atoms with Gasteiger partial charge in [-0.3, -0.25) is 4.99 Å². The van der Waals surface area contributed by atoms with E-state index in [0.717, 1.165) is 17.4 Å². The molecule has 0 saturated carbocycles. The van der Waals surface area contributed by atoms with Crippen LogP contribution in [0.15, 0.2) is 29.3 Å². The third-order valence-corrected chi connectivity index (χ3v) is 3.78. The van der Waals surface area contributed by atoms with Crippen LogP contribution in [-0.2, 0) is 13.6 Å². The molecule has 1 atom stereocenters. The maximum Gasteiger partial charge on any atom is 0.191 e. The minimum absolute atomic E-state index is 0.0261. The number of halogens is 1. The highest BCUT2D eigenvalue weighted by Crippen LogP contribution is 2.16. The fourth-order valence-corrected chi connectivity index (χ4v) is 2.14. The third kappa shape index (κ3) is 5.13. The average Bonchev–Trinajstić information content (AvgIpc) is 2.89. The van der Waals surface area contributed by atoms with E-state index >= 15 is 0 Å². The molecule has 8 heteroatoms. The summed E-state index contributed by atoms with van der Waals surface area (Å²) in [4.78, 5) is 4.19. The van der Waals surface area contributed by atoms with Gasteiger partial charge in [0.2, 0.25) is 0 Å². The third-order valence-electron chi connectivity index (χ3n) is 3.53. The van der Waals surface area contributed by atoms with Crippen molar-refractivity contribution in [1.82, 2.24) is 25.4 Å². The zero-order chi connectivity index (χ0) is 17.5. The van der Waals surface area contributed by atoms with Crippen LogP contribution in [-0.4, -0.2) is 40.4 Å². The van der Waals surface area contributed by atoms with E-state index in [1.54, 1.807) is 19.2 Å².